The molecule has 1 fully saturated rings. The first-order valence-electron chi connectivity index (χ1n) is 5.64. The van der Waals surface area contributed by atoms with E-state index in [0.29, 0.717) is 5.41 Å². The lowest BCUT2D eigenvalue weighted by molar-refractivity contribution is -0.134. The van der Waals surface area contributed by atoms with Gasteiger partial charge in [0.05, 0.1) is 7.11 Å². The van der Waals surface area contributed by atoms with Crippen molar-refractivity contribution in [1.82, 2.24) is 5.32 Å². The molecule has 1 aliphatic rings. The summed E-state index contributed by atoms with van der Waals surface area (Å²) in [5.74, 6) is -0.309. The highest BCUT2D eigenvalue weighted by Gasteiger charge is 2.25. The molecule has 0 atom stereocenters. The SMILES string of the molecule is COC(=O)/C=C/NCC1(C)CCCCC1. The maximum absolute atomic E-state index is 10.8. The Bertz CT molecular complexity index is 230. The van der Waals surface area contributed by atoms with Gasteiger partial charge in [-0.2, -0.15) is 0 Å². The van der Waals surface area contributed by atoms with Crippen LogP contribution in [0, 0.1) is 5.41 Å². The molecule has 3 heteroatoms. The number of carbonyl (C=O) groups excluding carboxylic acids is 1. The summed E-state index contributed by atoms with van der Waals surface area (Å²) in [7, 11) is 1.38. The number of carbonyl (C=O) groups is 1. The van der Waals surface area contributed by atoms with Crippen molar-refractivity contribution >= 4 is 5.97 Å². The van der Waals surface area contributed by atoms with Crippen LogP contribution in [0.25, 0.3) is 0 Å². The maximum atomic E-state index is 10.8. The second-order valence-electron chi connectivity index (χ2n) is 4.61. The third kappa shape index (κ3) is 4.36. The number of methoxy groups -OCH3 is 1. The highest BCUT2D eigenvalue weighted by Crippen LogP contribution is 2.34. The first kappa shape index (κ1) is 12.1. The molecule has 0 aromatic rings. The highest BCUT2D eigenvalue weighted by molar-refractivity contribution is 5.81. The van der Waals surface area contributed by atoms with Crippen LogP contribution in [-0.2, 0) is 9.53 Å². The van der Waals surface area contributed by atoms with Crippen molar-refractivity contribution in [3.8, 4) is 0 Å². The van der Waals surface area contributed by atoms with Gasteiger partial charge in [0.15, 0.2) is 0 Å². The lowest BCUT2D eigenvalue weighted by atomic mass is 9.76. The summed E-state index contributed by atoms with van der Waals surface area (Å²) in [6.07, 6.45) is 9.71. The van der Waals surface area contributed by atoms with Gasteiger partial charge in [-0.15, -0.1) is 0 Å². The molecule has 0 unspecified atom stereocenters. The standard InChI is InChI=1S/C12H21NO2/c1-12(7-4-3-5-8-12)10-13-9-6-11(14)15-2/h6,9,13H,3-5,7-8,10H2,1-2H3/b9-6+. The minimum Gasteiger partial charge on any atom is -0.466 e. The Morgan fingerprint density at radius 2 is 2.07 bits per heavy atom. The van der Waals surface area contributed by atoms with E-state index in [1.807, 2.05) is 0 Å². The van der Waals surface area contributed by atoms with Crippen LogP contribution in [-0.4, -0.2) is 19.6 Å². The Hall–Kier alpha value is -0.990. The third-order valence-electron chi connectivity index (χ3n) is 3.13. The molecule has 1 rings (SSSR count). The quantitative estimate of drug-likeness (QED) is 0.572. The Kier molecular flexibility index (Phi) is 4.66. The summed E-state index contributed by atoms with van der Waals surface area (Å²) in [5, 5.41) is 3.18. The van der Waals surface area contributed by atoms with Crippen LogP contribution >= 0.6 is 0 Å². The Morgan fingerprint density at radius 3 is 2.67 bits per heavy atom. The largest absolute Gasteiger partial charge is 0.466 e. The summed E-state index contributed by atoms with van der Waals surface area (Å²) < 4.78 is 4.50. The summed E-state index contributed by atoms with van der Waals surface area (Å²) in [6, 6.07) is 0. The molecule has 0 amide bonds. The van der Waals surface area contributed by atoms with Crippen molar-refractivity contribution in [1.29, 1.82) is 0 Å². The van der Waals surface area contributed by atoms with Gasteiger partial charge in [0.25, 0.3) is 0 Å². The molecule has 0 radical (unpaired) electrons. The lowest BCUT2D eigenvalue weighted by Gasteiger charge is -2.33. The van der Waals surface area contributed by atoms with Gasteiger partial charge < -0.3 is 10.1 Å². The molecule has 1 aliphatic carbocycles. The Balaban J connectivity index is 2.23. The summed E-state index contributed by atoms with van der Waals surface area (Å²) in [6.45, 7) is 3.26. The van der Waals surface area contributed by atoms with Gasteiger partial charge in [0.1, 0.15) is 0 Å². The zero-order valence-electron chi connectivity index (χ0n) is 9.71. The summed E-state index contributed by atoms with van der Waals surface area (Å²) >= 11 is 0. The van der Waals surface area contributed by atoms with Crippen molar-refractivity contribution < 1.29 is 9.53 Å². The van der Waals surface area contributed by atoms with Gasteiger partial charge in [0, 0.05) is 18.8 Å². The van der Waals surface area contributed by atoms with Crippen molar-refractivity contribution in [3.63, 3.8) is 0 Å². The second-order valence-corrected chi connectivity index (χ2v) is 4.61. The number of esters is 1. The fourth-order valence-corrected chi connectivity index (χ4v) is 2.08. The van der Waals surface area contributed by atoms with E-state index in [1.165, 1.54) is 45.3 Å². The van der Waals surface area contributed by atoms with Crippen LogP contribution in [0.5, 0.6) is 0 Å². The van der Waals surface area contributed by atoms with Crippen LogP contribution in [0.3, 0.4) is 0 Å². The smallest absolute Gasteiger partial charge is 0.331 e. The fourth-order valence-electron chi connectivity index (χ4n) is 2.08. The Labute approximate surface area is 91.9 Å². The normalized spacial score (nSPS) is 20.1. The van der Waals surface area contributed by atoms with Crippen molar-refractivity contribution in [3.05, 3.63) is 12.3 Å². The van der Waals surface area contributed by atoms with Crippen LogP contribution < -0.4 is 5.32 Å². The Morgan fingerprint density at radius 1 is 1.40 bits per heavy atom. The molecule has 0 heterocycles. The van der Waals surface area contributed by atoms with E-state index in [-0.39, 0.29) is 5.97 Å². The molecule has 0 bridgehead atoms. The first-order chi connectivity index (χ1) is 7.16. The maximum Gasteiger partial charge on any atom is 0.331 e. The zero-order valence-corrected chi connectivity index (χ0v) is 9.71. The van der Waals surface area contributed by atoms with Crippen molar-refractivity contribution in [2.24, 2.45) is 5.41 Å². The lowest BCUT2D eigenvalue weighted by Crippen LogP contribution is -2.31. The van der Waals surface area contributed by atoms with Crippen molar-refractivity contribution in [2.75, 3.05) is 13.7 Å². The predicted octanol–water partition coefficient (Wildman–Crippen LogP) is 2.23. The van der Waals surface area contributed by atoms with Crippen LogP contribution in [0.1, 0.15) is 39.0 Å². The molecule has 1 saturated carbocycles. The van der Waals surface area contributed by atoms with E-state index < -0.39 is 0 Å². The predicted molar refractivity (Wildman–Crippen MR) is 60.4 cm³/mol. The van der Waals surface area contributed by atoms with Gasteiger partial charge >= 0.3 is 5.97 Å². The summed E-state index contributed by atoms with van der Waals surface area (Å²) in [4.78, 5) is 10.8. The van der Waals surface area contributed by atoms with Gasteiger partial charge in [0.2, 0.25) is 0 Å². The van der Waals surface area contributed by atoms with Crippen molar-refractivity contribution in [2.45, 2.75) is 39.0 Å². The number of hydrogen-bond acceptors (Lipinski definition) is 3. The number of ether oxygens (including phenoxy) is 1. The van der Waals surface area contributed by atoms with E-state index in [1.54, 1.807) is 6.20 Å². The molecular weight excluding hydrogens is 190 g/mol. The monoisotopic (exact) mass is 211 g/mol. The molecule has 0 saturated heterocycles. The molecule has 1 N–H and O–H groups in total. The molecule has 0 aliphatic heterocycles. The molecule has 86 valence electrons. The van der Waals surface area contributed by atoms with Gasteiger partial charge in [-0.05, 0) is 18.3 Å². The molecule has 3 nitrogen and oxygen atoms in total. The minimum absolute atomic E-state index is 0.309. The number of hydrogen-bond donors (Lipinski definition) is 1. The molecular formula is C12H21NO2. The highest BCUT2D eigenvalue weighted by atomic mass is 16.5. The van der Waals surface area contributed by atoms with E-state index in [2.05, 4.69) is 17.0 Å². The summed E-state index contributed by atoms with van der Waals surface area (Å²) in [5.41, 5.74) is 0.401. The van der Waals surface area contributed by atoms with E-state index in [0.717, 1.165) is 6.54 Å². The van der Waals surface area contributed by atoms with E-state index in [9.17, 15) is 4.79 Å². The number of rotatable bonds is 4. The van der Waals surface area contributed by atoms with E-state index in [4.69, 9.17) is 0 Å². The van der Waals surface area contributed by atoms with Crippen LogP contribution in [0.4, 0.5) is 0 Å². The van der Waals surface area contributed by atoms with Gasteiger partial charge in [-0.1, -0.05) is 26.2 Å². The second kappa shape index (κ2) is 5.79. The van der Waals surface area contributed by atoms with E-state index >= 15 is 0 Å². The van der Waals surface area contributed by atoms with Crippen LogP contribution in [0.2, 0.25) is 0 Å². The number of nitrogens with one attached hydrogen (secondary N) is 1. The zero-order chi connectivity index (χ0) is 11.1. The fraction of sp³-hybridized carbons (Fsp3) is 0.750. The first-order valence-corrected chi connectivity index (χ1v) is 5.64. The van der Waals surface area contributed by atoms with Gasteiger partial charge in [-0.25, -0.2) is 4.79 Å². The molecule has 0 aromatic heterocycles. The third-order valence-corrected chi connectivity index (χ3v) is 3.13. The average Bonchev–Trinajstić information content (AvgIpc) is 2.25. The average molecular weight is 211 g/mol. The topological polar surface area (TPSA) is 38.3 Å². The van der Waals surface area contributed by atoms with Crippen LogP contribution in [0.15, 0.2) is 12.3 Å². The molecule has 0 spiro atoms. The van der Waals surface area contributed by atoms with Gasteiger partial charge in [-0.3, -0.25) is 0 Å². The minimum atomic E-state index is -0.309. The molecule has 15 heavy (non-hydrogen) atoms. The molecule has 0 aromatic carbocycles.